The van der Waals surface area contributed by atoms with Gasteiger partial charge >= 0.3 is 12.1 Å². The Morgan fingerprint density at radius 1 is 1.23 bits per heavy atom. The molecule has 1 aromatic carbocycles. The van der Waals surface area contributed by atoms with Gasteiger partial charge in [0.15, 0.2) is 0 Å². The van der Waals surface area contributed by atoms with Gasteiger partial charge in [0.1, 0.15) is 12.4 Å². The smallest absolute Gasteiger partial charge is 0.409 e. The molecule has 8 nitrogen and oxygen atoms in total. The largest absolute Gasteiger partial charge is 0.491 e. The molecular weight excluding hydrogens is 338 g/mol. The zero-order valence-corrected chi connectivity index (χ0v) is 14.7. The predicted octanol–water partition coefficient (Wildman–Crippen LogP) is 2.21. The van der Waals surface area contributed by atoms with Gasteiger partial charge in [-0.2, -0.15) is 0 Å². The molecule has 2 aliphatic heterocycles. The molecule has 3 rings (SSSR count). The quantitative estimate of drug-likeness (QED) is 0.775. The maximum absolute atomic E-state index is 11.9. The first-order valence-corrected chi connectivity index (χ1v) is 9.02. The Morgan fingerprint density at radius 3 is 2.81 bits per heavy atom. The third-order valence-electron chi connectivity index (χ3n) is 4.30. The van der Waals surface area contributed by atoms with Crippen LogP contribution in [0.3, 0.4) is 0 Å². The van der Waals surface area contributed by atoms with E-state index in [9.17, 15) is 9.59 Å². The minimum atomic E-state index is -0.322. The highest BCUT2D eigenvalue weighted by molar-refractivity contribution is 5.89. The molecule has 0 saturated carbocycles. The van der Waals surface area contributed by atoms with Crippen LogP contribution in [0.1, 0.15) is 19.3 Å². The van der Waals surface area contributed by atoms with Crippen LogP contribution < -0.4 is 15.4 Å². The van der Waals surface area contributed by atoms with Gasteiger partial charge in [-0.05, 0) is 43.5 Å². The number of hydrogen-bond donors (Lipinski definition) is 2. The van der Waals surface area contributed by atoms with Crippen LogP contribution in [0.5, 0.6) is 5.75 Å². The summed E-state index contributed by atoms with van der Waals surface area (Å²) in [6.07, 6.45) is 2.80. The molecule has 0 bridgehead atoms. The van der Waals surface area contributed by atoms with Crippen LogP contribution >= 0.6 is 0 Å². The Balaban J connectivity index is 1.35. The molecule has 0 aliphatic carbocycles. The van der Waals surface area contributed by atoms with Crippen molar-refractivity contribution < 1.29 is 23.8 Å². The summed E-state index contributed by atoms with van der Waals surface area (Å²) in [5, 5.41) is 5.48. The van der Waals surface area contributed by atoms with E-state index in [1.165, 1.54) is 0 Å². The van der Waals surface area contributed by atoms with E-state index in [4.69, 9.17) is 14.2 Å². The first-order chi connectivity index (χ1) is 12.7. The zero-order valence-electron chi connectivity index (χ0n) is 14.7. The maximum atomic E-state index is 11.9. The van der Waals surface area contributed by atoms with Gasteiger partial charge in [0.2, 0.25) is 0 Å². The van der Waals surface area contributed by atoms with Crippen LogP contribution in [0.15, 0.2) is 24.3 Å². The average molecular weight is 363 g/mol. The highest BCUT2D eigenvalue weighted by Crippen LogP contribution is 2.18. The van der Waals surface area contributed by atoms with E-state index in [0.717, 1.165) is 31.6 Å². The number of ether oxygens (including phenoxy) is 3. The fourth-order valence-electron chi connectivity index (χ4n) is 2.88. The molecule has 2 aliphatic rings. The number of nitrogens with one attached hydrogen (secondary N) is 2. The number of anilines is 1. The number of rotatable bonds is 7. The minimum Gasteiger partial charge on any atom is -0.491 e. The van der Waals surface area contributed by atoms with Gasteiger partial charge in [-0.25, -0.2) is 9.59 Å². The van der Waals surface area contributed by atoms with Crippen LogP contribution in [-0.4, -0.2) is 62.6 Å². The summed E-state index contributed by atoms with van der Waals surface area (Å²) in [7, 11) is 0. The normalized spacial score (nSPS) is 19.8. The van der Waals surface area contributed by atoms with E-state index in [1.807, 2.05) is 12.1 Å². The molecule has 8 heteroatoms. The van der Waals surface area contributed by atoms with Crippen molar-refractivity contribution in [2.24, 2.45) is 0 Å². The molecule has 0 radical (unpaired) electrons. The van der Waals surface area contributed by atoms with Crippen molar-refractivity contribution in [1.29, 1.82) is 0 Å². The molecule has 2 fully saturated rings. The van der Waals surface area contributed by atoms with Gasteiger partial charge < -0.3 is 29.7 Å². The number of nitrogens with zero attached hydrogens (tertiary/aromatic N) is 1. The summed E-state index contributed by atoms with van der Waals surface area (Å²) >= 11 is 0. The Kier molecular flexibility index (Phi) is 6.54. The van der Waals surface area contributed by atoms with Gasteiger partial charge in [0.05, 0.1) is 12.7 Å². The van der Waals surface area contributed by atoms with Gasteiger partial charge in [0.25, 0.3) is 0 Å². The fraction of sp³-hybridized carbons (Fsp3) is 0.556. The van der Waals surface area contributed by atoms with Crippen LogP contribution in [0.25, 0.3) is 0 Å². The van der Waals surface area contributed by atoms with Crippen molar-refractivity contribution in [3.05, 3.63) is 24.3 Å². The van der Waals surface area contributed by atoms with Crippen molar-refractivity contribution in [1.82, 2.24) is 10.2 Å². The maximum Gasteiger partial charge on any atom is 0.409 e. The molecular formula is C18H25N3O5. The second-order valence-electron chi connectivity index (χ2n) is 6.31. The lowest BCUT2D eigenvalue weighted by Gasteiger charge is -2.26. The summed E-state index contributed by atoms with van der Waals surface area (Å²) in [6, 6.07) is 6.88. The molecule has 2 heterocycles. The lowest BCUT2D eigenvalue weighted by atomic mass is 10.2. The minimum absolute atomic E-state index is 0.177. The van der Waals surface area contributed by atoms with Gasteiger partial charge in [-0.1, -0.05) is 0 Å². The van der Waals surface area contributed by atoms with Crippen molar-refractivity contribution in [3.8, 4) is 5.75 Å². The van der Waals surface area contributed by atoms with Gasteiger partial charge in [-0.3, -0.25) is 0 Å². The molecule has 3 amide bonds. The monoisotopic (exact) mass is 363 g/mol. The highest BCUT2D eigenvalue weighted by atomic mass is 16.6. The first kappa shape index (κ1) is 18.3. The third kappa shape index (κ3) is 5.52. The van der Waals surface area contributed by atoms with E-state index in [1.54, 1.807) is 17.0 Å². The number of carbonyl (C=O) groups is 2. The Labute approximate surface area is 152 Å². The number of amides is 3. The van der Waals surface area contributed by atoms with Crippen LogP contribution in [0.4, 0.5) is 15.3 Å². The molecule has 26 heavy (non-hydrogen) atoms. The van der Waals surface area contributed by atoms with Gasteiger partial charge in [-0.15, -0.1) is 0 Å². The van der Waals surface area contributed by atoms with Crippen molar-refractivity contribution in [2.75, 3.05) is 44.8 Å². The standard InChI is InChI=1S/C18H25N3O5/c22-17(19-8-10-21-9-2-12-25-18(21)23)20-14-4-6-15(7-5-14)26-13-16-3-1-11-24-16/h4-7,16H,1-3,8-13H2,(H2,19,20,22)/t16-/m0/s1. The summed E-state index contributed by atoms with van der Waals surface area (Å²) in [5.74, 6) is 0.745. The number of urea groups is 1. The Bertz CT molecular complexity index is 601. The van der Waals surface area contributed by atoms with E-state index in [0.29, 0.717) is 38.5 Å². The molecule has 0 aromatic heterocycles. The van der Waals surface area contributed by atoms with Crippen molar-refractivity contribution in [3.63, 3.8) is 0 Å². The Morgan fingerprint density at radius 2 is 2.08 bits per heavy atom. The summed E-state index contributed by atoms with van der Waals surface area (Å²) in [4.78, 5) is 25.0. The van der Waals surface area contributed by atoms with Crippen molar-refractivity contribution in [2.45, 2.75) is 25.4 Å². The Hall–Kier alpha value is -2.48. The fourth-order valence-corrected chi connectivity index (χ4v) is 2.88. The molecule has 2 N–H and O–H groups in total. The van der Waals surface area contributed by atoms with Crippen LogP contribution in [0, 0.1) is 0 Å². The summed E-state index contributed by atoms with van der Waals surface area (Å²) in [6.45, 7) is 3.29. The second-order valence-corrected chi connectivity index (χ2v) is 6.31. The average Bonchev–Trinajstić information content (AvgIpc) is 3.16. The molecule has 0 unspecified atom stereocenters. The van der Waals surface area contributed by atoms with Crippen LogP contribution in [-0.2, 0) is 9.47 Å². The first-order valence-electron chi connectivity index (χ1n) is 9.02. The van der Waals surface area contributed by atoms with Gasteiger partial charge in [0, 0.05) is 31.9 Å². The lowest BCUT2D eigenvalue weighted by molar-refractivity contribution is 0.0679. The topological polar surface area (TPSA) is 89.1 Å². The number of carbonyl (C=O) groups excluding carboxylic acids is 2. The predicted molar refractivity (Wildman–Crippen MR) is 95.5 cm³/mol. The molecule has 142 valence electrons. The van der Waals surface area contributed by atoms with E-state index >= 15 is 0 Å². The van der Waals surface area contributed by atoms with E-state index < -0.39 is 0 Å². The summed E-state index contributed by atoms with van der Waals surface area (Å²) < 4.78 is 16.2. The zero-order chi connectivity index (χ0) is 18.2. The third-order valence-corrected chi connectivity index (χ3v) is 4.30. The second kappa shape index (κ2) is 9.28. The van der Waals surface area contributed by atoms with Crippen molar-refractivity contribution >= 4 is 17.8 Å². The van der Waals surface area contributed by atoms with E-state index in [-0.39, 0.29) is 18.2 Å². The number of cyclic esters (lactones) is 1. The number of hydrogen-bond acceptors (Lipinski definition) is 5. The van der Waals surface area contributed by atoms with Crippen LogP contribution in [0.2, 0.25) is 0 Å². The molecule has 1 atom stereocenters. The molecule has 0 spiro atoms. The highest BCUT2D eigenvalue weighted by Gasteiger charge is 2.19. The van der Waals surface area contributed by atoms with E-state index in [2.05, 4.69) is 10.6 Å². The lowest BCUT2D eigenvalue weighted by Crippen LogP contribution is -2.43. The number of benzene rings is 1. The molecule has 1 aromatic rings. The SMILES string of the molecule is O=C(NCCN1CCCOC1=O)Nc1ccc(OC[C@@H]2CCCO2)cc1. The molecule has 2 saturated heterocycles. The summed E-state index contributed by atoms with van der Waals surface area (Å²) in [5.41, 5.74) is 0.671.